The Morgan fingerprint density at radius 2 is 1.91 bits per heavy atom. The Hall–Kier alpha value is -2.70. The van der Waals surface area contributed by atoms with Gasteiger partial charge in [0.25, 0.3) is 0 Å². The van der Waals surface area contributed by atoms with E-state index in [9.17, 15) is 0 Å². The van der Waals surface area contributed by atoms with Gasteiger partial charge in [-0.05, 0) is 25.5 Å². The molecular weight excluding hydrogens is 290 g/mol. The molecule has 0 radical (unpaired) electrons. The molecule has 23 heavy (non-hydrogen) atoms. The summed E-state index contributed by atoms with van der Waals surface area (Å²) in [7, 11) is 0. The molecule has 4 rings (SSSR count). The molecule has 1 aliphatic heterocycles. The number of aromatic amines is 1. The molecule has 0 bridgehead atoms. The van der Waals surface area contributed by atoms with E-state index < -0.39 is 0 Å². The van der Waals surface area contributed by atoms with Crippen molar-refractivity contribution in [2.24, 2.45) is 0 Å². The minimum Gasteiger partial charge on any atom is -0.370 e. The summed E-state index contributed by atoms with van der Waals surface area (Å²) in [5.41, 5.74) is 3.08. The molecule has 7 nitrogen and oxygen atoms in total. The number of fused-ring (bicyclic) bond motifs is 1. The first-order valence-electron chi connectivity index (χ1n) is 7.88. The van der Waals surface area contributed by atoms with Gasteiger partial charge in [0.2, 0.25) is 5.95 Å². The predicted octanol–water partition coefficient (Wildman–Crippen LogP) is 1.77. The summed E-state index contributed by atoms with van der Waals surface area (Å²) in [6, 6.07) is 4.22. The number of aromatic nitrogens is 5. The van der Waals surface area contributed by atoms with Crippen molar-refractivity contribution < 1.29 is 0 Å². The standard InChI is InChI=1S/C16H19N7/c1-12-9-14(3-4-17-12)22-5-2-6-23(8-7-22)16-18-10-13-11-19-21-15(13)20-16/h3-4,9-11H,2,5-8H2,1H3,(H,18,19,20,21). The summed E-state index contributed by atoms with van der Waals surface area (Å²) >= 11 is 0. The Balaban J connectivity index is 1.52. The van der Waals surface area contributed by atoms with E-state index >= 15 is 0 Å². The minimum absolute atomic E-state index is 0.773. The molecule has 0 spiro atoms. The van der Waals surface area contributed by atoms with Crippen LogP contribution in [0.5, 0.6) is 0 Å². The van der Waals surface area contributed by atoms with Crippen molar-refractivity contribution in [1.82, 2.24) is 25.1 Å². The molecular formula is C16H19N7. The number of nitrogens with zero attached hydrogens (tertiary/aromatic N) is 6. The van der Waals surface area contributed by atoms with Gasteiger partial charge in [-0.2, -0.15) is 10.1 Å². The molecule has 118 valence electrons. The van der Waals surface area contributed by atoms with Gasteiger partial charge < -0.3 is 9.80 Å². The Kier molecular flexibility index (Phi) is 3.53. The summed E-state index contributed by atoms with van der Waals surface area (Å²) in [4.78, 5) is 18.0. The molecule has 4 heterocycles. The molecule has 0 aromatic carbocycles. The highest BCUT2D eigenvalue weighted by Gasteiger charge is 2.18. The average molecular weight is 309 g/mol. The van der Waals surface area contributed by atoms with E-state index in [2.05, 4.69) is 47.1 Å². The smallest absolute Gasteiger partial charge is 0.227 e. The van der Waals surface area contributed by atoms with E-state index in [1.54, 1.807) is 6.20 Å². The molecule has 1 fully saturated rings. The van der Waals surface area contributed by atoms with Crippen molar-refractivity contribution in [1.29, 1.82) is 0 Å². The van der Waals surface area contributed by atoms with Crippen LogP contribution < -0.4 is 9.80 Å². The third kappa shape index (κ3) is 2.81. The van der Waals surface area contributed by atoms with Crippen molar-refractivity contribution >= 4 is 22.7 Å². The maximum atomic E-state index is 4.58. The van der Waals surface area contributed by atoms with Crippen LogP contribution in [0.3, 0.4) is 0 Å². The third-order valence-electron chi connectivity index (χ3n) is 4.20. The fraction of sp³-hybridized carbons (Fsp3) is 0.375. The highest BCUT2D eigenvalue weighted by Crippen LogP contribution is 2.19. The van der Waals surface area contributed by atoms with E-state index in [0.717, 1.165) is 55.3 Å². The second kappa shape index (κ2) is 5.83. The van der Waals surface area contributed by atoms with Gasteiger partial charge in [0, 0.05) is 50.0 Å². The quantitative estimate of drug-likeness (QED) is 0.778. The summed E-state index contributed by atoms with van der Waals surface area (Å²) in [6.45, 7) is 5.88. The zero-order valence-corrected chi connectivity index (χ0v) is 13.1. The monoisotopic (exact) mass is 309 g/mol. The molecule has 1 N–H and O–H groups in total. The van der Waals surface area contributed by atoms with Crippen LogP contribution in [0.25, 0.3) is 11.0 Å². The van der Waals surface area contributed by atoms with E-state index in [-0.39, 0.29) is 0 Å². The van der Waals surface area contributed by atoms with Crippen LogP contribution in [0.1, 0.15) is 12.1 Å². The Morgan fingerprint density at radius 1 is 1.04 bits per heavy atom. The first-order chi connectivity index (χ1) is 11.3. The van der Waals surface area contributed by atoms with Crippen molar-refractivity contribution in [3.05, 3.63) is 36.4 Å². The lowest BCUT2D eigenvalue weighted by Crippen LogP contribution is -2.31. The molecule has 0 atom stereocenters. The van der Waals surface area contributed by atoms with Crippen LogP contribution in [-0.4, -0.2) is 51.3 Å². The Labute approximate surface area is 134 Å². The third-order valence-corrected chi connectivity index (χ3v) is 4.20. The first kappa shape index (κ1) is 13.9. The van der Waals surface area contributed by atoms with Crippen LogP contribution >= 0.6 is 0 Å². The molecule has 0 aliphatic carbocycles. The SMILES string of the molecule is Cc1cc(N2CCCN(c3ncc4cn[nH]c4n3)CC2)ccn1. The normalized spacial score (nSPS) is 15.9. The topological polar surface area (TPSA) is 73.8 Å². The summed E-state index contributed by atoms with van der Waals surface area (Å²) in [6.07, 6.45) is 6.53. The molecule has 1 aliphatic rings. The molecule has 3 aromatic rings. The summed E-state index contributed by atoms with van der Waals surface area (Å²) in [5, 5.41) is 7.86. The zero-order valence-electron chi connectivity index (χ0n) is 13.1. The summed E-state index contributed by atoms with van der Waals surface area (Å²) in [5.74, 6) is 0.773. The van der Waals surface area contributed by atoms with Gasteiger partial charge >= 0.3 is 0 Å². The van der Waals surface area contributed by atoms with Crippen molar-refractivity contribution in [2.45, 2.75) is 13.3 Å². The zero-order chi connectivity index (χ0) is 15.6. The van der Waals surface area contributed by atoms with E-state index in [1.807, 2.05) is 19.3 Å². The van der Waals surface area contributed by atoms with Gasteiger partial charge in [-0.15, -0.1) is 0 Å². The number of anilines is 2. The van der Waals surface area contributed by atoms with Crippen molar-refractivity contribution in [3.8, 4) is 0 Å². The number of pyridine rings is 1. The van der Waals surface area contributed by atoms with Crippen LogP contribution in [-0.2, 0) is 0 Å². The lowest BCUT2D eigenvalue weighted by Gasteiger charge is -2.23. The molecule has 3 aromatic heterocycles. The maximum absolute atomic E-state index is 4.58. The highest BCUT2D eigenvalue weighted by molar-refractivity contribution is 5.73. The van der Waals surface area contributed by atoms with Gasteiger partial charge in [-0.1, -0.05) is 0 Å². The number of aryl methyl sites for hydroxylation is 1. The molecule has 1 saturated heterocycles. The van der Waals surface area contributed by atoms with Crippen LogP contribution in [0.15, 0.2) is 30.7 Å². The average Bonchev–Trinajstić information content (AvgIpc) is 2.89. The van der Waals surface area contributed by atoms with Crippen LogP contribution in [0.2, 0.25) is 0 Å². The lowest BCUT2D eigenvalue weighted by molar-refractivity contribution is 0.784. The molecule has 0 unspecified atom stereocenters. The largest absolute Gasteiger partial charge is 0.370 e. The van der Waals surface area contributed by atoms with Gasteiger partial charge in [0.15, 0.2) is 5.65 Å². The van der Waals surface area contributed by atoms with Gasteiger partial charge in [-0.3, -0.25) is 10.1 Å². The second-order valence-corrected chi connectivity index (χ2v) is 5.83. The minimum atomic E-state index is 0.773. The van der Waals surface area contributed by atoms with E-state index in [0.29, 0.717) is 0 Å². The van der Waals surface area contributed by atoms with Crippen LogP contribution in [0.4, 0.5) is 11.6 Å². The Bertz CT molecular complexity index is 813. The summed E-state index contributed by atoms with van der Waals surface area (Å²) < 4.78 is 0. The lowest BCUT2D eigenvalue weighted by atomic mass is 10.3. The van der Waals surface area contributed by atoms with E-state index in [1.165, 1.54) is 5.69 Å². The fourth-order valence-corrected chi connectivity index (χ4v) is 2.98. The van der Waals surface area contributed by atoms with Crippen molar-refractivity contribution in [3.63, 3.8) is 0 Å². The molecule has 0 saturated carbocycles. The number of H-pyrrole nitrogens is 1. The maximum Gasteiger partial charge on any atom is 0.227 e. The Morgan fingerprint density at radius 3 is 2.83 bits per heavy atom. The van der Waals surface area contributed by atoms with Gasteiger partial charge in [-0.25, -0.2) is 4.98 Å². The second-order valence-electron chi connectivity index (χ2n) is 5.83. The number of hydrogen-bond donors (Lipinski definition) is 1. The highest BCUT2D eigenvalue weighted by atomic mass is 15.3. The fourth-order valence-electron chi connectivity index (χ4n) is 2.98. The van der Waals surface area contributed by atoms with Gasteiger partial charge in [0.05, 0.1) is 11.6 Å². The number of hydrogen-bond acceptors (Lipinski definition) is 6. The molecule has 0 amide bonds. The predicted molar refractivity (Wildman–Crippen MR) is 89.7 cm³/mol. The number of rotatable bonds is 2. The van der Waals surface area contributed by atoms with E-state index in [4.69, 9.17) is 0 Å². The van der Waals surface area contributed by atoms with Gasteiger partial charge in [0.1, 0.15) is 0 Å². The molecule has 7 heteroatoms. The van der Waals surface area contributed by atoms with Crippen molar-refractivity contribution in [2.75, 3.05) is 36.0 Å². The number of nitrogens with one attached hydrogen (secondary N) is 1. The first-order valence-corrected chi connectivity index (χ1v) is 7.88. The van der Waals surface area contributed by atoms with Crippen LogP contribution in [0, 0.1) is 6.92 Å².